The van der Waals surface area contributed by atoms with Gasteiger partial charge >= 0.3 is 16.1 Å². The van der Waals surface area contributed by atoms with Crippen LogP contribution in [0, 0.1) is 13.8 Å². The van der Waals surface area contributed by atoms with E-state index in [0.29, 0.717) is 5.56 Å². The van der Waals surface area contributed by atoms with Crippen LogP contribution in [0.4, 0.5) is 5.69 Å². The molecule has 0 atom stereocenters. The fraction of sp³-hybridized carbons (Fsp3) is 0.136. The number of carbonyl (C=O) groups excluding carboxylic acids is 2. The van der Waals surface area contributed by atoms with Crippen molar-refractivity contribution in [3.8, 4) is 5.75 Å². The van der Waals surface area contributed by atoms with Gasteiger partial charge in [0.1, 0.15) is 10.5 Å². The zero-order chi connectivity index (χ0) is 23.3. The summed E-state index contributed by atoms with van der Waals surface area (Å²) in [6.45, 7) is 2.78. The Kier molecular flexibility index (Phi) is 7.12. The number of ether oxygens (including phenoxy) is 1. The molecule has 1 amide bonds. The summed E-state index contributed by atoms with van der Waals surface area (Å²) in [5.41, 5.74) is 1.36. The maximum absolute atomic E-state index is 12.8. The van der Waals surface area contributed by atoms with Crippen LogP contribution in [0.1, 0.15) is 21.5 Å². The van der Waals surface area contributed by atoms with Crippen LogP contribution in [0.2, 0.25) is 5.15 Å². The Labute approximate surface area is 190 Å². The highest BCUT2D eigenvalue weighted by atomic mass is 35.5. The number of nitrogens with zero attached hydrogens (tertiary/aromatic N) is 1. The minimum atomic E-state index is -4.21. The number of halogens is 1. The summed E-state index contributed by atoms with van der Waals surface area (Å²) in [7, 11) is -4.21. The zero-order valence-electron chi connectivity index (χ0n) is 17.2. The van der Waals surface area contributed by atoms with E-state index in [-0.39, 0.29) is 27.0 Å². The lowest BCUT2D eigenvalue weighted by molar-refractivity contribution is -0.119. The molecule has 0 radical (unpaired) electrons. The molecule has 1 heterocycles. The maximum Gasteiger partial charge on any atom is 0.342 e. The molecule has 0 saturated heterocycles. The van der Waals surface area contributed by atoms with E-state index >= 15 is 0 Å². The van der Waals surface area contributed by atoms with Gasteiger partial charge in [0.15, 0.2) is 17.5 Å². The number of anilines is 1. The quantitative estimate of drug-likeness (QED) is 0.314. The van der Waals surface area contributed by atoms with E-state index in [2.05, 4.69) is 10.3 Å². The fourth-order valence-electron chi connectivity index (χ4n) is 2.72. The lowest BCUT2D eigenvalue weighted by Crippen LogP contribution is -2.22. The number of aryl methyl sites for hydroxylation is 2. The molecule has 0 aliphatic heterocycles. The van der Waals surface area contributed by atoms with E-state index in [9.17, 15) is 18.0 Å². The molecule has 3 aromatic rings. The standard InChI is InChI=1S/C22H19ClN2O6S/c1-14-9-10-15(2)19(12-14)32(28,29)31-18-8-4-3-6-16(18)22(27)30-13-20(26)25-17-7-5-11-24-21(17)23/h3-12H,13H2,1-2H3,(H,25,26). The van der Waals surface area contributed by atoms with E-state index in [1.807, 2.05) is 0 Å². The number of aromatic nitrogens is 1. The van der Waals surface area contributed by atoms with Gasteiger partial charge in [-0.1, -0.05) is 35.9 Å². The molecule has 0 spiro atoms. The molecule has 0 unspecified atom stereocenters. The zero-order valence-corrected chi connectivity index (χ0v) is 18.7. The summed E-state index contributed by atoms with van der Waals surface area (Å²) < 4.78 is 35.8. The van der Waals surface area contributed by atoms with Crippen LogP contribution >= 0.6 is 11.6 Å². The number of benzene rings is 2. The number of nitrogens with one attached hydrogen (secondary N) is 1. The molecule has 8 nitrogen and oxygen atoms in total. The first-order chi connectivity index (χ1) is 15.2. The Morgan fingerprint density at radius 3 is 2.56 bits per heavy atom. The number of carbonyl (C=O) groups is 2. The molecule has 0 aliphatic rings. The number of rotatable bonds is 7. The Hall–Kier alpha value is -3.43. The summed E-state index contributed by atoms with van der Waals surface area (Å²) in [5.74, 6) is -1.78. The van der Waals surface area contributed by atoms with Gasteiger partial charge in [-0.15, -0.1) is 0 Å². The lowest BCUT2D eigenvalue weighted by Gasteiger charge is -2.13. The second kappa shape index (κ2) is 9.80. The topological polar surface area (TPSA) is 112 Å². The Bertz CT molecular complexity index is 1280. The van der Waals surface area contributed by atoms with Gasteiger partial charge in [0.25, 0.3) is 5.91 Å². The molecular weight excluding hydrogens is 456 g/mol. The van der Waals surface area contributed by atoms with Crippen molar-refractivity contribution in [1.29, 1.82) is 0 Å². The van der Waals surface area contributed by atoms with E-state index in [1.54, 1.807) is 32.0 Å². The summed E-state index contributed by atoms with van der Waals surface area (Å²) in [4.78, 5) is 28.4. The van der Waals surface area contributed by atoms with Crippen molar-refractivity contribution in [3.63, 3.8) is 0 Å². The van der Waals surface area contributed by atoms with Crippen molar-refractivity contribution in [1.82, 2.24) is 4.98 Å². The molecular formula is C22H19ClN2O6S. The Morgan fingerprint density at radius 2 is 1.81 bits per heavy atom. The summed E-state index contributed by atoms with van der Waals surface area (Å²) in [5, 5.41) is 2.55. The first-order valence-corrected chi connectivity index (χ1v) is 11.1. The van der Waals surface area contributed by atoms with Crippen LogP contribution in [0.15, 0.2) is 65.7 Å². The summed E-state index contributed by atoms with van der Waals surface area (Å²) in [6, 6.07) is 13.8. The van der Waals surface area contributed by atoms with Gasteiger partial charge in [-0.3, -0.25) is 4.79 Å². The maximum atomic E-state index is 12.8. The number of hydrogen-bond acceptors (Lipinski definition) is 7. The highest BCUT2D eigenvalue weighted by Gasteiger charge is 2.24. The molecule has 1 N–H and O–H groups in total. The van der Waals surface area contributed by atoms with Gasteiger partial charge in [0.05, 0.1) is 5.69 Å². The third-order valence-electron chi connectivity index (χ3n) is 4.29. The molecule has 0 fully saturated rings. The molecule has 1 aromatic heterocycles. The predicted octanol–water partition coefficient (Wildman–Crippen LogP) is 3.92. The van der Waals surface area contributed by atoms with Gasteiger partial charge < -0.3 is 14.2 Å². The van der Waals surface area contributed by atoms with Gasteiger partial charge in [0, 0.05) is 6.20 Å². The van der Waals surface area contributed by atoms with Crippen molar-refractivity contribution in [2.24, 2.45) is 0 Å². The van der Waals surface area contributed by atoms with Crippen LogP contribution < -0.4 is 9.50 Å². The lowest BCUT2D eigenvalue weighted by atomic mass is 10.2. The average Bonchev–Trinajstić information content (AvgIpc) is 2.75. The van der Waals surface area contributed by atoms with Crippen LogP contribution in [0.3, 0.4) is 0 Å². The highest BCUT2D eigenvalue weighted by molar-refractivity contribution is 7.87. The van der Waals surface area contributed by atoms with Crippen LogP contribution in [-0.4, -0.2) is 31.9 Å². The van der Waals surface area contributed by atoms with E-state index in [1.165, 1.54) is 42.6 Å². The first-order valence-electron chi connectivity index (χ1n) is 9.35. The molecule has 0 saturated carbocycles. The number of para-hydroxylation sites is 1. The van der Waals surface area contributed by atoms with Crippen molar-refractivity contribution in [2.75, 3.05) is 11.9 Å². The molecule has 0 bridgehead atoms. The van der Waals surface area contributed by atoms with Gasteiger partial charge in [-0.2, -0.15) is 8.42 Å². The van der Waals surface area contributed by atoms with E-state index in [0.717, 1.165) is 5.56 Å². The Morgan fingerprint density at radius 1 is 1.06 bits per heavy atom. The molecule has 2 aromatic carbocycles. The minimum absolute atomic E-state index is 0.00611. The molecule has 32 heavy (non-hydrogen) atoms. The van der Waals surface area contributed by atoms with Crippen molar-refractivity contribution in [3.05, 3.63) is 82.6 Å². The smallest absolute Gasteiger partial charge is 0.342 e. The SMILES string of the molecule is Cc1ccc(C)c(S(=O)(=O)Oc2ccccc2C(=O)OCC(=O)Nc2cccnc2Cl)c1. The van der Waals surface area contributed by atoms with Crippen LogP contribution in [0.25, 0.3) is 0 Å². The molecule has 0 aliphatic carbocycles. The molecule has 3 rings (SSSR count). The molecule has 10 heteroatoms. The third-order valence-corrected chi connectivity index (χ3v) is 5.97. The second-order valence-electron chi connectivity index (χ2n) is 6.77. The summed E-state index contributed by atoms with van der Waals surface area (Å²) >= 11 is 5.87. The van der Waals surface area contributed by atoms with Gasteiger partial charge in [-0.25, -0.2) is 9.78 Å². The van der Waals surface area contributed by atoms with Gasteiger partial charge in [0.2, 0.25) is 0 Å². The third kappa shape index (κ3) is 5.63. The van der Waals surface area contributed by atoms with Crippen molar-refractivity contribution in [2.45, 2.75) is 18.7 Å². The van der Waals surface area contributed by atoms with E-state index < -0.39 is 28.6 Å². The monoisotopic (exact) mass is 474 g/mol. The number of amides is 1. The number of hydrogen-bond donors (Lipinski definition) is 1. The number of esters is 1. The van der Waals surface area contributed by atoms with Crippen molar-refractivity contribution >= 4 is 39.3 Å². The van der Waals surface area contributed by atoms with E-state index in [4.69, 9.17) is 20.5 Å². The normalized spacial score (nSPS) is 11.0. The summed E-state index contributed by atoms with van der Waals surface area (Å²) in [6.07, 6.45) is 1.46. The van der Waals surface area contributed by atoms with Crippen molar-refractivity contribution < 1.29 is 26.9 Å². The first kappa shape index (κ1) is 23.2. The van der Waals surface area contributed by atoms with Crippen LogP contribution in [-0.2, 0) is 19.6 Å². The Balaban J connectivity index is 1.73. The van der Waals surface area contributed by atoms with Gasteiger partial charge in [-0.05, 0) is 55.3 Å². The molecule has 166 valence electrons. The number of pyridine rings is 1. The minimum Gasteiger partial charge on any atom is -0.452 e. The van der Waals surface area contributed by atoms with Crippen LogP contribution in [0.5, 0.6) is 5.75 Å². The largest absolute Gasteiger partial charge is 0.452 e. The second-order valence-corrected chi connectivity index (χ2v) is 8.64. The average molecular weight is 475 g/mol. The fourth-order valence-corrected chi connectivity index (χ4v) is 4.15. The highest BCUT2D eigenvalue weighted by Crippen LogP contribution is 2.26. The predicted molar refractivity (Wildman–Crippen MR) is 118 cm³/mol.